The van der Waals surface area contributed by atoms with E-state index < -0.39 is 0 Å². The lowest BCUT2D eigenvalue weighted by Crippen LogP contribution is -2.37. The molecule has 98 valence electrons. The van der Waals surface area contributed by atoms with Gasteiger partial charge in [-0.1, -0.05) is 25.0 Å². The van der Waals surface area contributed by atoms with E-state index in [4.69, 9.17) is 0 Å². The summed E-state index contributed by atoms with van der Waals surface area (Å²) in [4.78, 5) is 13.4. The van der Waals surface area contributed by atoms with Gasteiger partial charge < -0.3 is 9.69 Å². The van der Waals surface area contributed by atoms with Gasteiger partial charge in [-0.25, -0.2) is 4.39 Å². The Morgan fingerprint density at radius 2 is 2.00 bits per heavy atom. The van der Waals surface area contributed by atoms with E-state index in [0.29, 0.717) is 12.2 Å². The first-order valence-electron chi connectivity index (χ1n) is 6.66. The SMILES string of the molecule is CCN(CC1(C=O)CCCC1)c1ccccc1F. The van der Waals surface area contributed by atoms with Crippen LogP contribution in [0.4, 0.5) is 10.1 Å². The quantitative estimate of drug-likeness (QED) is 0.745. The highest BCUT2D eigenvalue weighted by atomic mass is 19.1. The number of aldehydes is 1. The van der Waals surface area contributed by atoms with Crippen molar-refractivity contribution in [2.24, 2.45) is 5.41 Å². The lowest BCUT2D eigenvalue weighted by Gasteiger charge is -2.32. The van der Waals surface area contributed by atoms with Crippen LogP contribution in [-0.2, 0) is 4.79 Å². The molecule has 0 radical (unpaired) electrons. The van der Waals surface area contributed by atoms with Gasteiger partial charge in [-0.15, -0.1) is 0 Å². The normalized spacial score (nSPS) is 17.7. The molecule has 2 nitrogen and oxygen atoms in total. The summed E-state index contributed by atoms with van der Waals surface area (Å²) in [5, 5.41) is 0. The number of anilines is 1. The van der Waals surface area contributed by atoms with Crippen molar-refractivity contribution in [1.29, 1.82) is 0 Å². The van der Waals surface area contributed by atoms with E-state index >= 15 is 0 Å². The average molecular weight is 249 g/mol. The summed E-state index contributed by atoms with van der Waals surface area (Å²) >= 11 is 0. The molecule has 1 aromatic carbocycles. The van der Waals surface area contributed by atoms with Crippen LogP contribution >= 0.6 is 0 Å². The fraction of sp³-hybridized carbons (Fsp3) is 0.533. The molecule has 0 spiro atoms. The highest BCUT2D eigenvalue weighted by Crippen LogP contribution is 2.38. The van der Waals surface area contributed by atoms with Crippen molar-refractivity contribution < 1.29 is 9.18 Å². The maximum absolute atomic E-state index is 13.8. The summed E-state index contributed by atoms with van der Waals surface area (Å²) in [6.07, 6.45) is 5.16. The molecule has 3 heteroatoms. The number of nitrogens with zero attached hydrogens (tertiary/aromatic N) is 1. The fourth-order valence-electron chi connectivity index (χ4n) is 2.85. The molecular formula is C15H20FNO. The molecule has 0 amide bonds. The van der Waals surface area contributed by atoms with E-state index in [0.717, 1.165) is 38.5 Å². The number of para-hydroxylation sites is 1. The molecule has 0 atom stereocenters. The lowest BCUT2D eigenvalue weighted by atomic mass is 9.87. The van der Waals surface area contributed by atoms with Gasteiger partial charge in [0.05, 0.1) is 5.69 Å². The van der Waals surface area contributed by atoms with Crippen LogP contribution in [0, 0.1) is 11.2 Å². The summed E-state index contributed by atoms with van der Waals surface area (Å²) in [6.45, 7) is 3.35. The average Bonchev–Trinajstić information content (AvgIpc) is 2.86. The maximum Gasteiger partial charge on any atom is 0.146 e. The van der Waals surface area contributed by atoms with Crippen LogP contribution in [0.2, 0.25) is 0 Å². The van der Waals surface area contributed by atoms with Gasteiger partial charge in [-0.2, -0.15) is 0 Å². The molecule has 1 aliphatic carbocycles. The van der Waals surface area contributed by atoms with Gasteiger partial charge in [-0.05, 0) is 31.9 Å². The van der Waals surface area contributed by atoms with Crippen molar-refractivity contribution in [1.82, 2.24) is 0 Å². The molecular weight excluding hydrogens is 229 g/mol. The molecule has 2 rings (SSSR count). The standard InChI is InChI=1S/C15H20FNO/c1-2-17(14-8-4-3-7-13(14)16)11-15(12-18)9-5-6-10-15/h3-4,7-8,12H,2,5-6,9-11H2,1H3. The smallest absolute Gasteiger partial charge is 0.146 e. The Balaban J connectivity index is 2.19. The van der Waals surface area contributed by atoms with Crippen molar-refractivity contribution in [2.75, 3.05) is 18.0 Å². The van der Waals surface area contributed by atoms with Crippen LogP contribution in [0.1, 0.15) is 32.6 Å². The van der Waals surface area contributed by atoms with E-state index in [1.165, 1.54) is 6.07 Å². The number of hydrogen-bond acceptors (Lipinski definition) is 2. The molecule has 0 heterocycles. The van der Waals surface area contributed by atoms with E-state index in [9.17, 15) is 9.18 Å². The van der Waals surface area contributed by atoms with Gasteiger partial charge in [0, 0.05) is 18.5 Å². The van der Waals surface area contributed by atoms with Gasteiger partial charge >= 0.3 is 0 Å². The van der Waals surface area contributed by atoms with Crippen LogP contribution in [-0.4, -0.2) is 19.4 Å². The van der Waals surface area contributed by atoms with E-state index in [-0.39, 0.29) is 11.2 Å². The van der Waals surface area contributed by atoms with Gasteiger partial charge in [0.15, 0.2) is 0 Å². The number of carbonyl (C=O) groups is 1. The van der Waals surface area contributed by atoms with Crippen molar-refractivity contribution in [3.05, 3.63) is 30.1 Å². The van der Waals surface area contributed by atoms with E-state index in [1.807, 2.05) is 17.9 Å². The largest absolute Gasteiger partial charge is 0.368 e. The molecule has 0 saturated heterocycles. The predicted molar refractivity (Wildman–Crippen MR) is 71.3 cm³/mol. The minimum Gasteiger partial charge on any atom is -0.368 e. The Kier molecular flexibility index (Phi) is 4.00. The number of benzene rings is 1. The molecule has 18 heavy (non-hydrogen) atoms. The van der Waals surface area contributed by atoms with Crippen molar-refractivity contribution in [3.8, 4) is 0 Å². The zero-order valence-electron chi connectivity index (χ0n) is 10.9. The number of halogens is 1. The molecule has 1 aromatic rings. The third-order valence-corrected chi connectivity index (χ3v) is 3.93. The van der Waals surface area contributed by atoms with Gasteiger partial charge in [-0.3, -0.25) is 0 Å². The molecule has 0 N–H and O–H groups in total. The number of rotatable bonds is 5. The zero-order valence-corrected chi connectivity index (χ0v) is 10.9. The molecule has 0 unspecified atom stereocenters. The van der Waals surface area contributed by atoms with Crippen LogP contribution in [0.25, 0.3) is 0 Å². The molecule has 0 bridgehead atoms. The first-order chi connectivity index (χ1) is 8.71. The highest BCUT2D eigenvalue weighted by molar-refractivity contribution is 5.62. The lowest BCUT2D eigenvalue weighted by molar-refractivity contribution is -0.115. The Labute approximate surface area is 108 Å². The summed E-state index contributed by atoms with van der Waals surface area (Å²) in [6, 6.07) is 6.79. The summed E-state index contributed by atoms with van der Waals surface area (Å²) in [5.41, 5.74) is 0.339. The zero-order chi connectivity index (χ0) is 13.0. The van der Waals surface area contributed by atoms with Crippen LogP contribution in [0.5, 0.6) is 0 Å². The van der Waals surface area contributed by atoms with Gasteiger partial charge in [0.25, 0.3) is 0 Å². The predicted octanol–water partition coefficient (Wildman–Crippen LogP) is 3.41. The van der Waals surface area contributed by atoms with Crippen LogP contribution in [0.3, 0.4) is 0 Å². The third kappa shape index (κ3) is 2.55. The Hall–Kier alpha value is -1.38. The Morgan fingerprint density at radius 1 is 1.33 bits per heavy atom. The minimum absolute atomic E-state index is 0.210. The van der Waals surface area contributed by atoms with Crippen LogP contribution < -0.4 is 4.90 Å². The number of carbonyl (C=O) groups excluding carboxylic acids is 1. The van der Waals surface area contributed by atoms with E-state index in [2.05, 4.69) is 0 Å². The Bertz CT molecular complexity index is 413. The maximum atomic E-state index is 13.8. The summed E-state index contributed by atoms with van der Waals surface area (Å²) in [7, 11) is 0. The van der Waals surface area contributed by atoms with Gasteiger partial charge in [0.1, 0.15) is 12.1 Å². The molecule has 0 aliphatic heterocycles. The van der Waals surface area contributed by atoms with Crippen molar-refractivity contribution >= 4 is 12.0 Å². The second-order valence-corrected chi connectivity index (χ2v) is 5.15. The summed E-state index contributed by atoms with van der Waals surface area (Å²) in [5.74, 6) is -0.210. The first kappa shape index (κ1) is 13.1. The van der Waals surface area contributed by atoms with Gasteiger partial charge in [0.2, 0.25) is 0 Å². The second-order valence-electron chi connectivity index (χ2n) is 5.15. The topological polar surface area (TPSA) is 20.3 Å². The van der Waals surface area contributed by atoms with Crippen molar-refractivity contribution in [2.45, 2.75) is 32.6 Å². The van der Waals surface area contributed by atoms with Crippen LogP contribution in [0.15, 0.2) is 24.3 Å². The van der Waals surface area contributed by atoms with Crippen molar-refractivity contribution in [3.63, 3.8) is 0 Å². The fourth-order valence-corrected chi connectivity index (χ4v) is 2.85. The minimum atomic E-state index is -0.266. The van der Waals surface area contributed by atoms with E-state index in [1.54, 1.807) is 12.1 Å². The highest BCUT2D eigenvalue weighted by Gasteiger charge is 2.35. The molecule has 1 fully saturated rings. The molecule has 1 saturated carbocycles. The third-order valence-electron chi connectivity index (χ3n) is 3.93. The number of hydrogen-bond donors (Lipinski definition) is 0. The first-order valence-corrected chi connectivity index (χ1v) is 6.66. The second kappa shape index (κ2) is 5.51. The monoisotopic (exact) mass is 249 g/mol. The summed E-state index contributed by atoms with van der Waals surface area (Å²) < 4.78 is 13.8. The Morgan fingerprint density at radius 3 is 2.56 bits per heavy atom. The molecule has 0 aromatic heterocycles. The molecule has 1 aliphatic rings.